The molecule has 0 saturated heterocycles. The van der Waals surface area contributed by atoms with E-state index in [1.807, 2.05) is 26.8 Å². The average molecular weight is 327 g/mol. The number of amides is 1. The van der Waals surface area contributed by atoms with Gasteiger partial charge in [-0.15, -0.1) is 0 Å². The van der Waals surface area contributed by atoms with Crippen molar-refractivity contribution in [2.75, 3.05) is 0 Å². The van der Waals surface area contributed by atoms with Crippen LogP contribution in [0.15, 0.2) is 36.7 Å². The van der Waals surface area contributed by atoms with Gasteiger partial charge < -0.3 is 10.1 Å². The molecular formula is C18H21N3O3. The van der Waals surface area contributed by atoms with Crippen LogP contribution in [0.2, 0.25) is 0 Å². The van der Waals surface area contributed by atoms with Gasteiger partial charge in [0.15, 0.2) is 0 Å². The van der Waals surface area contributed by atoms with Crippen molar-refractivity contribution in [3.05, 3.63) is 47.9 Å². The van der Waals surface area contributed by atoms with Crippen LogP contribution in [-0.2, 0) is 16.1 Å². The molecule has 1 amide bonds. The smallest absolute Gasteiger partial charge is 0.287 e. The lowest BCUT2D eigenvalue weighted by molar-refractivity contribution is -0.138. The van der Waals surface area contributed by atoms with Crippen LogP contribution in [0.3, 0.4) is 0 Å². The number of ether oxygens (including phenoxy) is 1. The second-order valence-corrected chi connectivity index (χ2v) is 5.91. The fourth-order valence-corrected chi connectivity index (χ4v) is 2.01. The Balaban J connectivity index is 2.02. The molecule has 0 spiro atoms. The van der Waals surface area contributed by atoms with Crippen LogP contribution in [0.5, 0.6) is 11.6 Å². The Bertz CT molecular complexity index is 712. The van der Waals surface area contributed by atoms with Crippen LogP contribution < -0.4 is 10.1 Å². The summed E-state index contributed by atoms with van der Waals surface area (Å²) in [6, 6.07) is 7.17. The minimum Gasteiger partial charge on any atom is -0.437 e. The summed E-state index contributed by atoms with van der Waals surface area (Å²) in [6.45, 7) is 5.85. The maximum Gasteiger partial charge on any atom is 0.287 e. The molecule has 2 rings (SSSR count). The van der Waals surface area contributed by atoms with Crippen LogP contribution in [0, 0.1) is 12.8 Å². The molecule has 0 atom stereocenters. The topological polar surface area (TPSA) is 81.2 Å². The van der Waals surface area contributed by atoms with Gasteiger partial charge in [0.1, 0.15) is 5.75 Å². The van der Waals surface area contributed by atoms with Crippen LogP contribution in [0.4, 0.5) is 0 Å². The number of carbonyl (C=O) groups is 2. The molecule has 0 unspecified atom stereocenters. The zero-order valence-electron chi connectivity index (χ0n) is 14.1. The normalized spacial score (nSPS) is 10.5. The van der Waals surface area contributed by atoms with E-state index in [9.17, 15) is 9.59 Å². The zero-order valence-corrected chi connectivity index (χ0v) is 14.1. The van der Waals surface area contributed by atoms with Crippen molar-refractivity contribution in [1.29, 1.82) is 0 Å². The van der Waals surface area contributed by atoms with E-state index in [2.05, 4.69) is 15.3 Å². The first-order valence-corrected chi connectivity index (χ1v) is 7.81. The number of rotatable bonds is 7. The first-order valence-electron chi connectivity index (χ1n) is 7.81. The highest BCUT2D eigenvalue weighted by Gasteiger charge is 2.16. The van der Waals surface area contributed by atoms with E-state index in [-0.39, 0.29) is 18.9 Å². The second-order valence-electron chi connectivity index (χ2n) is 5.91. The molecule has 0 fully saturated rings. The van der Waals surface area contributed by atoms with Gasteiger partial charge in [0.05, 0.1) is 6.20 Å². The predicted octanol–water partition coefficient (Wildman–Crippen LogP) is 2.81. The van der Waals surface area contributed by atoms with Gasteiger partial charge in [-0.1, -0.05) is 19.9 Å². The molecule has 6 nitrogen and oxygen atoms in total. The molecule has 0 saturated carbocycles. The summed E-state index contributed by atoms with van der Waals surface area (Å²) < 4.78 is 5.71. The molecule has 0 aromatic carbocycles. The molecule has 126 valence electrons. The minimum atomic E-state index is -0.587. The van der Waals surface area contributed by atoms with Gasteiger partial charge in [-0.05, 0) is 31.0 Å². The second kappa shape index (κ2) is 8.19. The average Bonchev–Trinajstić information content (AvgIpc) is 2.55. The number of aryl methyl sites for hydroxylation is 1. The fraction of sp³-hybridized carbons (Fsp3) is 0.333. The number of aromatic nitrogens is 2. The highest BCUT2D eigenvalue weighted by Crippen LogP contribution is 2.22. The maximum absolute atomic E-state index is 11.8. The van der Waals surface area contributed by atoms with Gasteiger partial charge in [0.2, 0.25) is 11.7 Å². The van der Waals surface area contributed by atoms with Crippen LogP contribution in [0.25, 0.3) is 0 Å². The number of pyridine rings is 2. The molecule has 1 N–H and O–H groups in total. The molecule has 2 heterocycles. The minimum absolute atomic E-state index is 0.148. The third-order valence-corrected chi connectivity index (χ3v) is 3.24. The Morgan fingerprint density at radius 2 is 2.00 bits per heavy atom. The molecule has 2 aromatic heterocycles. The first-order chi connectivity index (χ1) is 11.5. The highest BCUT2D eigenvalue weighted by atomic mass is 16.5. The van der Waals surface area contributed by atoms with Crippen molar-refractivity contribution in [2.24, 2.45) is 5.92 Å². The van der Waals surface area contributed by atoms with E-state index in [4.69, 9.17) is 4.74 Å². The number of hydrogen-bond donors (Lipinski definition) is 1. The van der Waals surface area contributed by atoms with Gasteiger partial charge in [-0.3, -0.25) is 14.6 Å². The molecule has 24 heavy (non-hydrogen) atoms. The SMILES string of the molecule is Cc1ccc(Oc2ncccc2CNC(=O)C(=O)CC(C)C)cn1. The van der Waals surface area contributed by atoms with Crippen molar-refractivity contribution in [1.82, 2.24) is 15.3 Å². The monoisotopic (exact) mass is 327 g/mol. The van der Waals surface area contributed by atoms with E-state index in [0.717, 1.165) is 5.69 Å². The van der Waals surface area contributed by atoms with Crippen LogP contribution >= 0.6 is 0 Å². The summed E-state index contributed by atoms with van der Waals surface area (Å²) in [7, 11) is 0. The molecule has 0 aliphatic rings. The summed E-state index contributed by atoms with van der Waals surface area (Å²) in [5.74, 6) is 0.0756. The lowest BCUT2D eigenvalue weighted by Crippen LogP contribution is -2.31. The van der Waals surface area contributed by atoms with Crippen molar-refractivity contribution >= 4 is 11.7 Å². The largest absolute Gasteiger partial charge is 0.437 e. The number of Topliss-reactive ketones (excluding diaryl/α,β-unsaturated/α-hetero) is 1. The maximum atomic E-state index is 11.8. The summed E-state index contributed by atoms with van der Waals surface area (Å²) in [6.07, 6.45) is 3.45. The Morgan fingerprint density at radius 1 is 1.21 bits per heavy atom. The van der Waals surface area contributed by atoms with Crippen molar-refractivity contribution in [3.63, 3.8) is 0 Å². The predicted molar refractivity (Wildman–Crippen MR) is 89.6 cm³/mol. The summed E-state index contributed by atoms with van der Waals surface area (Å²) >= 11 is 0. The van der Waals surface area contributed by atoms with E-state index in [0.29, 0.717) is 17.2 Å². The van der Waals surface area contributed by atoms with Crippen molar-refractivity contribution in [3.8, 4) is 11.6 Å². The Labute approximate surface area is 141 Å². The quantitative estimate of drug-likeness (QED) is 0.791. The Kier molecular flexibility index (Phi) is 6.01. The van der Waals surface area contributed by atoms with Gasteiger partial charge >= 0.3 is 0 Å². The van der Waals surface area contributed by atoms with E-state index >= 15 is 0 Å². The van der Waals surface area contributed by atoms with Gasteiger partial charge in [-0.25, -0.2) is 4.98 Å². The molecule has 0 radical (unpaired) electrons. The van der Waals surface area contributed by atoms with E-state index < -0.39 is 11.7 Å². The lowest BCUT2D eigenvalue weighted by Gasteiger charge is -2.11. The van der Waals surface area contributed by atoms with Crippen molar-refractivity contribution in [2.45, 2.75) is 33.7 Å². The lowest BCUT2D eigenvalue weighted by atomic mass is 10.1. The summed E-state index contributed by atoms with van der Waals surface area (Å²) in [5.41, 5.74) is 1.57. The van der Waals surface area contributed by atoms with E-state index in [1.165, 1.54) is 0 Å². The number of hydrogen-bond acceptors (Lipinski definition) is 5. The van der Waals surface area contributed by atoms with Crippen LogP contribution in [-0.4, -0.2) is 21.7 Å². The third kappa shape index (κ3) is 5.15. The number of nitrogens with zero attached hydrogens (tertiary/aromatic N) is 2. The van der Waals surface area contributed by atoms with Gasteiger partial charge in [-0.2, -0.15) is 0 Å². The highest BCUT2D eigenvalue weighted by molar-refractivity contribution is 6.36. The van der Waals surface area contributed by atoms with Gasteiger partial charge in [0, 0.05) is 30.4 Å². The van der Waals surface area contributed by atoms with Crippen molar-refractivity contribution < 1.29 is 14.3 Å². The van der Waals surface area contributed by atoms with E-state index in [1.54, 1.807) is 30.6 Å². The number of carbonyl (C=O) groups excluding carboxylic acids is 2. The molecule has 2 aromatic rings. The molecular weight excluding hydrogens is 306 g/mol. The standard InChI is InChI=1S/C18H21N3O3/c1-12(2)9-16(22)17(23)21-10-14-5-4-8-19-18(14)24-15-7-6-13(3)20-11-15/h4-8,11-12H,9-10H2,1-3H3,(H,21,23). The molecule has 6 heteroatoms. The Morgan fingerprint density at radius 3 is 2.67 bits per heavy atom. The fourth-order valence-electron chi connectivity index (χ4n) is 2.01. The third-order valence-electron chi connectivity index (χ3n) is 3.24. The molecule has 0 aliphatic carbocycles. The van der Waals surface area contributed by atoms with Gasteiger partial charge in [0.25, 0.3) is 5.91 Å². The Hall–Kier alpha value is -2.76. The molecule has 0 aliphatic heterocycles. The number of ketones is 1. The number of nitrogens with one attached hydrogen (secondary N) is 1. The zero-order chi connectivity index (χ0) is 17.5. The summed E-state index contributed by atoms with van der Waals surface area (Å²) in [5, 5.41) is 2.62. The summed E-state index contributed by atoms with van der Waals surface area (Å²) in [4.78, 5) is 31.9. The molecule has 0 bridgehead atoms. The van der Waals surface area contributed by atoms with Crippen LogP contribution in [0.1, 0.15) is 31.5 Å². The first kappa shape index (κ1) is 17.6.